The van der Waals surface area contributed by atoms with Crippen molar-refractivity contribution in [2.75, 3.05) is 7.11 Å². The van der Waals surface area contributed by atoms with Crippen LogP contribution in [-0.2, 0) is 10.9 Å². The van der Waals surface area contributed by atoms with Gasteiger partial charge in [0.2, 0.25) is 0 Å². The molecule has 0 bridgehead atoms. The van der Waals surface area contributed by atoms with E-state index in [9.17, 15) is 26.7 Å². The van der Waals surface area contributed by atoms with Crippen LogP contribution in [-0.4, -0.2) is 18.1 Å². The number of ether oxygens (including phenoxy) is 1. The molecule has 1 aromatic heterocycles. The van der Waals surface area contributed by atoms with Crippen molar-refractivity contribution in [3.63, 3.8) is 0 Å². The Balaban J connectivity index is 3.63. The van der Waals surface area contributed by atoms with Crippen LogP contribution in [0, 0.1) is 11.3 Å². The number of alkyl halides is 5. The maximum Gasteiger partial charge on any atom is 0.433 e. The molecule has 0 saturated heterocycles. The highest BCUT2D eigenvalue weighted by atomic mass is 19.4. The maximum absolute atomic E-state index is 12.6. The summed E-state index contributed by atoms with van der Waals surface area (Å²) in [6.45, 7) is 0. The Bertz CT molecular complexity index is 548. The minimum Gasteiger partial charge on any atom is -0.464 e. The van der Waals surface area contributed by atoms with E-state index in [-0.39, 0.29) is 6.07 Å². The lowest BCUT2D eigenvalue weighted by molar-refractivity contribution is -0.143. The molecular formula is C10H5F5N2O2. The highest BCUT2D eigenvalue weighted by Gasteiger charge is 2.39. The average Bonchev–Trinajstić information content (AvgIpc) is 2.34. The highest BCUT2D eigenvalue weighted by molar-refractivity contribution is 5.90. The Morgan fingerprint density at radius 1 is 1.47 bits per heavy atom. The molecule has 102 valence electrons. The minimum absolute atomic E-state index is 0.284. The van der Waals surface area contributed by atoms with Crippen molar-refractivity contribution in [2.45, 2.75) is 12.6 Å². The first-order valence-corrected chi connectivity index (χ1v) is 4.61. The first-order chi connectivity index (χ1) is 8.72. The van der Waals surface area contributed by atoms with Gasteiger partial charge in [0.05, 0.1) is 12.7 Å². The second-order valence-electron chi connectivity index (χ2n) is 3.22. The van der Waals surface area contributed by atoms with E-state index in [2.05, 4.69) is 9.72 Å². The predicted octanol–water partition coefficient (Wildman–Crippen LogP) is 2.70. The molecule has 0 fully saturated rings. The normalized spacial score (nSPS) is 11.3. The van der Waals surface area contributed by atoms with Crippen molar-refractivity contribution in [1.82, 2.24) is 4.98 Å². The zero-order chi connectivity index (χ0) is 14.8. The van der Waals surface area contributed by atoms with Crippen LogP contribution in [0.5, 0.6) is 0 Å². The molecule has 9 heteroatoms. The SMILES string of the molecule is COC(=O)c1nc(C(F)(F)F)c(C(F)F)cc1C#N. The van der Waals surface area contributed by atoms with E-state index in [0.29, 0.717) is 0 Å². The number of methoxy groups -OCH3 is 1. The first-order valence-electron chi connectivity index (χ1n) is 4.61. The zero-order valence-corrected chi connectivity index (χ0v) is 9.26. The van der Waals surface area contributed by atoms with Gasteiger partial charge in [-0.1, -0.05) is 0 Å². The van der Waals surface area contributed by atoms with Crippen molar-refractivity contribution >= 4 is 5.97 Å². The maximum atomic E-state index is 12.6. The van der Waals surface area contributed by atoms with E-state index in [1.807, 2.05) is 0 Å². The fourth-order valence-corrected chi connectivity index (χ4v) is 1.26. The van der Waals surface area contributed by atoms with Gasteiger partial charge in [-0.2, -0.15) is 18.4 Å². The molecule has 1 rings (SSSR count). The third kappa shape index (κ3) is 2.96. The number of rotatable bonds is 2. The molecule has 0 aromatic carbocycles. The number of carbonyl (C=O) groups excluding carboxylic acids is 1. The third-order valence-electron chi connectivity index (χ3n) is 2.05. The first kappa shape index (κ1) is 14.8. The monoisotopic (exact) mass is 280 g/mol. The molecule has 0 atom stereocenters. The molecule has 19 heavy (non-hydrogen) atoms. The molecule has 0 aliphatic heterocycles. The summed E-state index contributed by atoms with van der Waals surface area (Å²) in [5.74, 6) is -1.32. The number of nitriles is 1. The van der Waals surface area contributed by atoms with Crippen LogP contribution in [0.2, 0.25) is 0 Å². The Labute approximate surface area is 103 Å². The van der Waals surface area contributed by atoms with E-state index in [0.717, 1.165) is 7.11 Å². The van der Waals surface area contributed by atoms with Crippen molar-refractivity contribution < 1.29 is 31.5 Å². The van der Waals surface area contributed by atoms with Gasteiger partial charge in [0, 0.05) is 5.56 Å². The van der Waals surface area contributed by atoms with E-state index in [4.69, 9.17) is 5.26 Å². The Kier molecular flexibility index (Phi) is 4.04. The van der Waals surface area contributed by atoms with Crippen LogP contribution < -0.4 is 0 Å². The van der Waals surface area contributed by atoms with Gasteiger partial charge in [0.25, 0.3) is 6.43 Å². The number of hydrogen-bond acceptors (Lipinski definition) is 4. The largest absolute Gasteiger partial charge is 0.464 e. The van der Waals surface area contributed by atoms with Gasteiger partial charge in [-0.3, -0.25) is 0 Å². The molecule has 0 spiro atoms. The van der Waals surface area contributed by atoms with Crippen LogP contribution in [0.3, 0.4) is 0 Å². The molecule has 0 amide bonds. The van der Waals surface area contributed by atoms with Crippen LogP contribution >= 0.6 is 0 Å². The summed E-state index contributed by atoms with van der Waals surface area (Å²) >= 11 is 0. The molecule has 4 nitrogen and oxygen atoms in total. The summed E-state index contributed by atoms with van der Waals surface area (Å²) in [5, 5.41) is 8.64. The van der Waals surface area contributed by atoms with Crippen molar-refractivity contribution in [2.24, 2.45) is 0 Å². The van der Waals surface area contributed by atoms with Crippen LogP contribution in [0.1, 0.15) is 33.7 Å². The number of aromatic nitrogens is 1. The molecule has 0 N–H and O–H groups in total. The zero-order valence-electron chi connectivity index (χ0n) is 9.26. The summed E-state index contributed by atoms with van der Waals surface area (Å²) in [6.07, 6.45) is -8.66. The molecule has 0 saturated carbocycles. The van der Waals surface area contributed by atoms with Crippen molar-refractivity contribution in [3.8, 4) is 6.07 Å². The molecule has 1 aromatic rings. The third-order valence-corrected chi connectivity index (χ3v) is 2.05. The lowest BCUT2D eigenvalue weighted by atomic mass is 10.1. The summed E-state index contributed by atoms with van der Waals surface area (Å²) in [4.78, 5) is 14.0. The lowest BCUT2D eigenvalue weighted by Gasteiger charge is -2.13. The van der Waals surface area contributed by atoms with E-state index >= 15 is 0 Å². The topological polar surface area (TPSA) is 63.0 Å². The summed E-state index contributed by atoms with van der Waals surface area (Å²) < 4.78 is 66.9. The number of halogens is 5. The van der Waals surface area contributed by atoms with Crippen LogP contribution in [0.25, 0.3) is 0 Å². The molecule has 1 heterocycles. The quantitative estimate of drug-likeness (QED) is 0.617. The molecular weight excluding hydrogens is 275 g/mol. The highest BCUT2D eigenvalue weighted by Crippen LogP contribution is 2.36. The van der Waals surface area contributed by atoms with Gasteiger partial charge in [-0.25, -0.2) is 18.6 Å². The van der Waals surface area contributed by atoms with Gasteiger partial charge in [-0.15, -0.1) is 0 Å². The van der Waals surface area contributed by atoms with E-state index in [1.165, 1.54) is 6.07 Å². The number of hydrogen-bond donors (Lipinski definition) is 0. The summed E-state index contributed by atoms with van der Waals surface area (Å²) in [6, 6.07) is 1.61. The van der Waals surface area contributed by atoms with Gasteiger partial charge in [0.1, 0.15) is 6.07 Å². The molecule has 0 radical (unpaired) electrons. The second kappa shape index (κ2) is 5.17. The lowest BCUT2D eigenvalue weighted by Crippen LogP contribution is -2.18. The van der Waals surface area contributed by atoms with Crippen molar-refractivity contribution in [1.29, 1.82) is 5.26 Å². The average molecular weight is 280 g/mol. The second-order valence-corrected chi connectivity index (χ2v) is 3.22. The predicted molar refractivity (Wildman–Crippen MR) is 50.3 cm³/mol. The standard InChI is InChI=1S/C10H5F5N2O2/c1-19-9(18)6-4(3-16)2-5(8(11)12)7(17-6)10(13,14)15/h2,8H,1H3. The van der Waals surface area contributed by atoms with E-state index in [1.54, 1.807) is 0 Å². The Hall–Kier alpha value is -2.24. The summed E-state index contributed by atoms with van der Waals surface area (Å²) in [5.41, 5.74) is -5.05. The number of carbonyl (C=O) groups is 1. The van der Waals surface area contributed by atoms with Gasteiger partial charge in [-0.05, 0) is 6.07 Å². The Morgan fingerprint density at radius 2 is 2.05 bits per heavy atom. The number of nitrogens with zero attached hydrogens (tertiary/aromatic N) is 2. The van der Waals surface area contributed by atoms with Crippen LogP contribution in [0.4, 0.5) is 22.0 Å². The Morgan fingerprint density at radius 3 is 2.42 bits per heavy atom. The van der Waals surface area contributed by atoms with Crippen LogP contribution in [0.15, 0.2) is 6.07 Å². The number of esters is 1. The molecule has 0 aliphatic carbocycles. The molecule has 0 unspecified atom stereocenters. The van der Waals surface area contributed by atoms with Gasteiger partial charge < -0.3 is 4.74 Å². The van der Waals surface area contributed by atoms with Crippen molar-refractivity contribution in [3.05, 3.63) is 28.6 Å². The minimum atomic E-state index is -5.18. The van der Waals surface area contributed by atoms with Gasteiger partial charge >= 0.3 is 12.1 Å². The number of pyridine rings is 1. The molecule has 0 aliphatic rings. The fraction of sp³-hybridized carbons (Fsp3) is 0.300. The fourth-order valence-electron chi connectivity index (χ4n) is 1.26. The van der Waals surface area contributed by atoms with E-state index < -0.39 is 41.1 Å². The van der Waals surface area contributed by atoms with Gasteiger partial charge in [0.15, 0.2) is 11.4 Å². The summed E-state index contributed by atoms with van der Waals surface area (Å²) in [7, 11) is 0.861. The smallest absolute Gasteiger partial charge is 0.433 e.